The highest BCUT2D eigenvalue weighted by molar-refractivity contribution is 6.04. The molecule has 5 nitrogen and oxygen atoms in total. The van der Waals surface area contributed by atoms with E-state index in [2.05, 4.69) is 0 Å². The van der Waals surface area contributed by atoms with E-state index in [1.54, 1.807) is 6.07 Å². The minimum atomic E-state index is -0.743. The Morgan fingerprint density at radius 1 is 1.60 bits per heavy atom. The van der Waals surface area contributed by atoms with E-state index in [4.69, 9.17) is 14.9 Å². The number of carbonyl (C=O) groups is 1. The number of carbonyl (C=O) groups excluding carboxylic acids is 1. The van der Waals surface area contributed by atoms with Crippen molar-refractivity contribution in [2.24, 2.45) is 5.73 Å². The number of phenols is 1. The van der Waals surface area contributed by atoms with Crippen molar-refractivity contribution in [2.45, 2.75) is 0 Å². The molecule has 0 aliphatic heterocycles. The number of nitrogens with two attached hydrogens (primary N) is 1. The van der Waals surface area contributed by atoms with Gasteiger partial charge < -0.3 is 20.0 Å². The Bertz CT molecular complexity index is 529. The van der Waals surface area contributed by atoms with Gasteiger partial charge in [-0.25, -0.2) is 0 Å². The van der Waals surface area contributed by atoms with Gasteiger partial charge in [-0.2, -0.15) is 0 Å². The number of fused-ring (bicyclic) bond motifs is 1. The first kappa shape index (κ1) is 9.39. The van der Waals surface area contributed by atoms with Crippen LogP contribution in [0.2, 0.25) is 0 Å². The zero-order chi connectivity index (χ0) is 11.0. The van der Waals surface area contributed by atoms with Gasteiger partial charge in [-0.3, -0.25) is 4.79 Å². The summed E-state index contributed by atoms with van der Waals surface area (Å²) < 4.78 is 10.1. The van der Waals surface area contributed by atoms with Crippen molar-refractivity contribution in [3.05, 3.63) is 24.0 Å². The first-order chi connectivity index (χ1) is 7.15. The summed E-state index contributed by atoms with van der Waals surface area (Å²) in [6.07, 6.45) is 1.44. The third-order valence-electron chi connectivity index (χ3n) is 2.14. The van der Waals surface area contributed by atoms with E-state index in [-0.39, 0.29) is 17.1 Å². The Morgan fingerprint density at radius 2 is 2.33 bits per heavy atom. The number of hydrogen-bond acceptors (Lipinski definition) is 4. The SMILES string of the molecule is COc1c(C(N)=O)c(O)cc2occc12. The normalized spacial score (nSPS) is 10.5. The number of primary amides is 1. The maximum atomic E-state index is 11.1. The number of rotatable bonds is 2. The second-order valence-corrected chi connectivity index (χ2v) is 3.00. The highest BCUT2D eigenvalue weighted by Gasteiger charge is 2.19. The molecule has 0 aliphatic rings. The van der Waals surface area contributed by atoms with Gasteiger partial charge in [-0.1, -0.05) is 0 Å². The number of benzene rings is 1. The predicted molar refractivity (Wildman–Crippen MR) is 52.9 cm³/mol. The van der Waals surface area contributed by atoms with Crippen LogP contribution in [0.4, 0.5) is 0 Å². The average molecular weight is 207 g/mol. The van der Waals surface area contributed by atoms with Gasteiger partial charge >= 0.3 is 0 Å². The molecule has 1 amide bonds. The third kappa shape index (κ3) is 1.28. The Hall–Kier alpha value is -2.17. The Kier molecular flexibility index (Phi) is 2.00. The molecule has 0 saturated heterocycles. The third-order valence-corrected chi connectivity index (χ3v) is 2.14. The molecular weight excluding hydrogens is 198 g/mol. The molecule has 5 heteroatoms. The zero-order valence-corrected chi connectivity index (χ0v) is 7.98. The van der Waals surface area contributed by atoms with Crippen LogP contribution in [0.3, 0.4) is 0 Å². The summed E-state index contributed by atoms with van der Waals surface area (Å²) in [6, 6.07) is 2.97. The molecule has 1 aromatic carbocycles. The van der Waals surface area contributed by atoms with Gasteiger partial charge in [0.2, 0.25) is 0 Å². The van der Waals surface area contributed by atoms with Crippen molar-refractivity contribution in [3.8, 4) is 11.5 Å². The summed E-state index contributed by atoms with van der Waals surface area (Å²) in [5.74, 6) is -0.763. The van der Waals surface area contributed by atoms with Gasteiger partial charge in [0.1, 0.15) is 22.6 Å². The monoisotopic (exact) mass is 207 g/mol. The second-order valence-electron chi connectivity index (χ2n) is 3.00. The lowest BCUT2D eigenvalue weighted by molar-refractivity contribution is 0.0995. The number of methoxy groups -OCH3 is 1. The Labute approximate surface area is 85.0 Å². The minimum Gasteiger partial charge on any atom is -0.507 e. The fourth-order valence-electron chi connectivity index (χ4n) is 1.52. The van der Waals surface area contributed by atoms with Crippen LogP contribution in [0.1, 0.15) is 10.4 Å². The highest BCUT2D eigenvalue weighted by Crippen LogP contribution is 2.36. The largest absolute Gasteiger partial charge is 0.507 e. The van der Waals surface area contributed by atoms with Crippen molar-refractivity contribution < 1.29 is 19.1 Å². The molecule has 15 heavy (non-hydrogen) atoms. The van der Waals surface area contributed by atoms with E-state index >= 15 is 0 Å². The van der Waals surface area contributed by atoms with E-state index in [9.17, 15) is 9.90 Å². The number of hydrogen-bond donors (Lipinski definition) is 2. The van der Waals surface area contributed by atoms with Crippen LogP contribution in [0.15, 0.2) is 22.8 Å². The summed E-state index contributed by atoms with van der Waals surface area (Å²) in [7, 11) is 1.40. The van der Waals surface area contributed by atoms with Crippen molar-refractivity contribution in [1.29, 1.82) is 0 Å². The van der Waals surface area contributed by atoms with Gasteiger partial charge in [-0.15, -0.1) is 0 Å². The van der Waals surface area contributed by atoms with Gasteiger partial charge in [0.25, 0.3) is 5.91 Å². The smallest absolute Gasteiger partial charge is 0.256 e. The highest BCUT2D eigenvalue weighted by atomic mass is 16.5. The van der Waals surface area contributed by atoms with Crippen LogP contribution < -0.4 is 10.5 Å². The fourth-order valence-corrected chi connectivity index (χ4v) is 1.52. The lowest BCUT2D eigenvalue weighted by atomic mass is 10.1. The lowest BCUT2D eigenvalue weighted by Gasteiger charge is -2.08. The topological polar surface area (TPSA) is 85.7 Å². The molecular formula is C10H9NO4. The van der Waals surface area contributed by atoms with Crippen molar-refractivity contribution in [2.75, 3.05) is 7.11 Å². The van der Waals surface area contributed by atoms with Gasteiger partial charge in [-0.05, 0) is 6.07 Å². The lowest BCUT2D eigenvalue weighted by Crippen LogP contribution is -2.12. The van der Waals surface area contributed by atoms with Crippen LogP contribution in [0.5, 0.6) is 11.5 Å². The molecule has 0 fully saturated rings. The van der Waals surface area contributed by atoms with E-state index in [1.807, 2.05) is 0 Å². The molecule has 0 radical (unpaired) electrons. The van der Waals surface area contributed by atoms with Crippen molar-refractivity contribution >= 4 is 16.9 Å². The van der Waals surface area contributed by atoms with Gasteiger partial charge in [0.05, 0.1) is 18.8 Å². The quantitative estimate of drug-likeness (QED) is 0.775. The van der Waals surface area contributed by atoms with Crippen molar-refractivity contribution in [1.82, 2.24) is 0 Å². The first-order valence-electron chi connectivity index (χ1n) is 4.22. The summed E-state index contributed by atoms with van der Waals surface area (Å²) in [5, 5.41) is 10.2. The summed E-state index contributed by atoms with van der Waals surface area (Å²) in [6.45, 7) is 0. The molecule has 3 N–H and O–H groups in total. The number of aromatic hydroxyl groups is 1. The summed E-state index contributed by atoms with van der Waals surface area (Å²) in [4.78, 5) is 11.1. The number of ether oxygens (including phenoxy) is 1. The summed E-state index contributed by atoms with van der Waals surface area (Å²) in [5.41, 5.74) is 5.54. The van der Waals surface area contributed by atoms with Crippen LogP contribution in [-0.2, 0) is 0 Å². The van der Waals surface area contributed by atoms with Gasteiger partial charge in [0, 0.05) is 6.07 Å². The number of amides is 1. The molecule has 78 valence electrons. The Balaban J connectivity index is 2.88. The molecule has 0 bridgehead atoms. The summed E-state index contributed by atoms with van der Waals surface area (Å²) >= 11 is 0. The van der Waals surface area contributed by atoms with Crippen LogP contribution in [0, 0.1) is 0 Å². The Morgan fingerprint density at radius 3 is 2.93 bits per heavy atom. The predicted octanol–water partition coefficient (Wildman–Crippen LogP) is 1.25. The molecule has 1 aromatic heterocycles. The van der Waals surface area contributed by atoms with E-state index in [0.717, 1.165) is 0 Å². The fraction of sp³-hybridized carbons (Fsp3) is 0.100. The van der Waals surface area contributed by atoms with Crippen LogP contribution >= 0.6 is 0 Å². The molecule has 1 heterocycles. The maximum absolute atomic E-state index is 11.1. The molecule has 0 spiro atoms. The average Bonchev–Trinajstić information content (AvgIpc) is 2.62. The molecule has 0 unspecified atom stereocenters. The number of furan rings is 1. The van der Waals surface area contributed by atoms with Crippen molar-refractivity contribution in [3.63, 3.8) is 0 Å². The van der Waals surface area contributed by atoms with E-state index in [0.29, 0.717) is 11.0 Å². The molecule has 2 rings (SSSR count). The first-order valence-corrected chi connectivity index (χ1v) is 4.22. The molecule has 0 aliphatic carbocycles. The van der Waals surface area contributed by atoms with Crippen LogP contribution in [0.25, 0.3) is 11.0 Å². The second kappa shape index (κ2) is 3.20. The standard InChI is InChI=1S/C10H9NO4/c1-14-9-5-2-3-15-7(5)4-6(12)8(9)10(11)13/h2-4,12H,1H3,(H2,11,13). The van der Waals surface area contributed by atoms with Crippen LogP contribution in [-0.4, -0.2) is 18.1 Å². The minimum absolute atomic E-state index is 0.0357. The molecule has 0 saturated carbocycles. The van der Waals surface area contributed by atoms with Gasteiger partial charge in [0.15, 0.2) is 0 Å². The van der Waals surface area contributed by atoms with E-state index < -0.39 is 5.91 Å². The molecule has 0 atom stereocenters. The maximum Gasteiger partial charge on any atom is 0.256 e. The van der Waals surface area contributed by atoms with E-state index in [1.165, 1.54) is 19.4 Å². The zero-order valence-electron chi connectivity index (χ0n) is 7.98. The molecule has 2 aromatic rings.